The average molecular weight is 383 g/mol. The van der Waals surface area contributed by atoms with Crippen LogP contribution in [0.1, 0.15) is 25.7 Å². The highest BCUT2D eigenvalue weighted by Crippen LogP contribution is 2.09. The first-order valence-corrected chi connectivity index (χ1v) is 8.49. The van der Waals surface area contributed by atoms with Gasteiger partial charge in [-0.05, 0) is 26.9 Å². The molecule has 0 aromatic carbocycles. The van der Waals surface area contributed by atoms with Crippen molar-refractivity contribution in [3.05, 3.63) is 0 Å². The number of hydrogen-bond acceptors (Lipinski definition) is 4. The first-order chi connectivity index (χ1) is 10.6. The van der Waals surface area contributed by atoms with E-state index in [0.717, 1.165) is 65.2 Å². The van der Waals surface area contributed by atoms with Crippen LogP contribution in [0, 0.1) is 0 Å². The normalized spacial score (nSPS) is 19.4. The maximum absolute atomic E-state index is 12.1. The SMILES string of the molecule is CN1CCN(C(=O)CCCCC(=O)N2CCN(C)CC2)CC1.Cl.Cl. The minimum absolute atomic E-state index is 0. The van der Waals surface area contributed by atoms with Gasteiger partial charge in [-0.1, -0.05) is 0 Å². The molecule has 0 aromatic rings. The number of unbranched alkanes of at least 4 members (excludes halogenated alkanes) is 1. The average Bonchev–Trinajstić information content (AvgIpc) is 2.52. The van der Waals surface area contributed by atoms with Gasteiger partial charge in [0.1, 0.15) is 0 Å². The Labute approximate surface area is 158 Å². The van der Waals surface area contributed by atoms with Crippen LogP contribution in [-0.4, -0.2) is 97.9 Å². The topological polar surface area (TPSA) is 47.1 Å². The molecule has 2 heterocycles. The number of amides is 2. The predicted octanol–water partition coefficient (Wildman–Crippen LogP) is 0.938. The van der Waals surface area contributed by atoms with E-state index in [1.54, 1.807) is 0 Å². The van der Waals surface area contributed by atoms with E-state index in [-0.39, 0.29) is 36.6 Å². The molecule has 2 saturated heterocycles. The van der Waals surface area contributed by atoms with Gasteiger partial charge in [0.15, 0.2) is 0 Å². The zero-order chi connectivity index (χ0) is 15.9. The van der Waals surface area contributed by atoms with Crippen molar-refractivity contribution in [1.82, 2.24) is 19.6 Å². The Kier molecular flexibility index (Phi) is 11.6. The third-order valence-corrected chi connectivity index (χ3v) is 4.74. The molecule has 2 aliphatic heterocycles. The van der Waals surface area contributed by atoms with Gasteiger partial charge in [-0.15, -0.1) is 24.8 Å². The van der Waals surface area contributed by atoms with Gasteiger partial charge >= 0.3 is 0 Å². The molecule has 0 aromatic heterocycles. The third-order valence-electron chi connectivity index (χ3n) is 4.74. The molecule has 6 nitrogen and oxygen atoms in total. The number of hydrogen-bond donors (Lipinski definition) is 0. The number of rotatable bonds is 5. The summed E-state index contributed by atoms with van der Waals surface area (Å²) in [6.07, 6.45) is 2.81. The van der Waals surface area contributed by atoms with Gasteiger partial charge < -0.3 is 19.6 Å². The molecule has 2 rings (SSSR count). The lowest BCUT2D eigenvalue weighted by atomic mass is 10.1. The standard InChI is InChI=1S/C16H30N4O2.2ClH/c1-17-7-11-19(12-8-17)15(21)5-3-4-6-16(22)20-13-9-18(2)10-14-20;;/h3-14H2,1-2H3;2*1H. The minimum atomic E-state index is 0. The second-order valence-electron chi connectivity index (χ2n) is 6.58. The highest BCUT2D eigenvalue weighted by atomic mass is 35.5. The quantitative estimate of drug-likeness (QED) is 0.663. The zero-order valence-electron chi connectivity index (χ0n) is 14.9. The second-order valence-corrected chi connectivity index (χ2v) is 6.58. The lowest BCUT2D eigenvalue weighted by Gasteiger charge is -2.33. The number of nitrogens with zero attached hydrogens (tertiary/aromatic N) is 4. The van der Waals surface area contributed by atoms with E-state index in [9.17, 15) is 9.59 Å². The molecule has 0 spiro atoms. The summed E-state index contributed by atoms with van der Waals surface area (Å²) >= 11 is 0. The van der Waals surface area contributed by atoms with Crippen LogP contribution < -0.4 is 0 Å². The lowest BCUT2D eigenvalue weighted by molar-refractivity contribution is -0.134. The van der Waals surface area contributed by atoms with Gasteiger partial charge in [0, 0.05) is 65.2 Å². The van der Waals surface area contributed by atoms with Crippen LogP contribution in [0.25, 0.3) is 0 Å². The van der Waals surface area contributed by atoms with Crippen LogP contribution in [0.5, 0.6) is 0 Å². The molecular weight excluding hydrogens is 351 g/mol. The fourth-order valence-electron chi connectivity index (χ4n) is 2.98. The predicted molar refractivity (Wildman–Crippen MR) is 101 cm³/mol. The number of piperazine rings is 2. The summed E-state index contributed by atoms with van der Waals surface area (Å²) in [6, 6.07) is 0. The van der Waals surface area contributed by atoms with Crippen molar-refractivity contribution in [3.8, 4) is 0 Å². The smallest absolute Gasteiger partial charge is 0.222 e. The molecule has 0 unspecified atom stereocenters. The largest absolute Gasteiger partial charge is 0.340 e. The second kappa shape index (κ2) is 11.9. The zero-order valence-corrected chi connectivity index (χ0v) is 16.5. The molecule has 0 saturated carbocycles. The van der Waals surface area contributed by atoms with Crippen LogP contribution >= 0.6 is 24.8 Å². The molecule has 2 aliphatic rings. The highest BCUT2D eigenvalue weighted by Gasteiger charge is 2.20. The molecule has 8 heteroatoms. The molecule has 0 aliphatic carbocycles. The first kappa shape index (κ1) is 23.4. The minimum Gasteiger partial charge on any atom is -0.340 e. The van der Waals surface area contributed by atoms with Crippen molar-refractivity contribution in [2.45, 2.75) is 25.7 Å². The Morgan fingerprint density at radius 2 is 0.917 bits per heavy atom. The van der Waals surface area contributed by atoms with Crippen molar-refractivity contribution in [2.24, 2.45) is 0 Å². The summed E-state index contributed by atoms with van der Waals surface area (Å²) in [5, 5.41) is 0. The monoisotopic (exact) mass is 382 g/mol. The van der Waals surface area contributed by atoms with Crippen molar-refractivity contribution in [3.63, 3.8) is 0 Å². The van der Waals surface area contributed by atoms with E-state index in [1.165, 1.54) is 0 Å². The lowest BCUT2D eigenvalue weighted by Crippen LogP contribution is -2.47. The van der Waals surface area contributed by atoms with E-state index >= 15 is 0 Å². The Bertz CT molecular complexity index is 346. The summed E-state index contributed by atoms with van der Waals surface area (Å²) in [7, 11) is 4.18. The number of carbonyl (C=O) groups is 2. The van der Waals surface area contributed by atoms with Crippen molar-refractivity contribution in [1.29, 1.82) is 0 Å². The fraction of sp³-hybridized carbons (Fsp3) is 0.875. The summed E-state index contributed by atoms with van der Waals surface area (Å²) in [6.45, 7) is 7.23. The van der Waals surface area contributed by atoms with Gasteiger partial charge in [-0.25, -0.2) is 0 Å². The fourth-order valence-corrected chi connectivity index (χ4v) is 2.98. The van der Waals surface area contributed by atoms with E-state index in [4.69, 9.17) is 0 Å². The molecule has 0 bridgehead atoms. The van der Waals surface area contributed by atoms with Gasteiger partial charge in [-0.2, -0.15) is 0 Å². The number of likely N-dealkylation sites (N-methyl/N-ethyl adjacent to an activating group) is 2. The van der Waals surface area contributed by atoms with Gasteiger partial charge in [-0.3, -0.25) is 9.59 Å². The van der Waals surface area contributed by atoms with Crippen LogP contribution in [-0.2, 0) is 9.59 Å². The summed E-state index contributed by atoms with van der Waals surface area (Å²) < 4.78 is 0. The molecule has 0 atom stereocenters. The van der Waals surface area contributed by atoms with Gasteiger partial charge in [0.05, 0.1) is 0 Å². The van der Waals surface area contributed by atoms with Crippen LogP contribution in [0.3, 0.4) is 0 Å². The molecule has 2 amide bonds. The molecular formula is C16H32Cl2N4O2. The van der Waals surface area contributed by atoms with E-state index in [0.29, 0.717) is 12.8 Å². The first-order valence-electron chi connectivity index (χ1n) is 8.49. The van der Waals surface area contributed by atoms with Crippen LogP contribution in [0.2, 0.25) is 0 Å². The van der Waals surface area contributed by atoms with E-state index in [2.05, 4.69) is 23.9 Å². The third kappa shape index (κ3) is 7.55. The van der Waals surface area contributed by atoms with Gasteiger partial charge in [0.25, 0.3) is 0 Å². The summed E-state index contributed by atoms with van der Waals surface area (Å²) in [5.41, 5.74) is 0. The van der Waals surface area contributed by atoms with Crippen molar-refractivity contribution < 1.29 is 9.59 Å². The van der Waals surface area contributed by atoms with Gasteiger partial charge in [0.2, 0.25) is 11.8 Å². The molecule has 24 heavy (non-hydrogen) atoms. The Morgan fingerprint density at radius 1 is 0.625 bits per heavy atom. The maximum Gasteiger partial charge on any atom is 0.222 e. The Balaban J connectivity index is 0.00000264. The van der Waals surface area contributed by atoms with E-state index in [1.807, 2.05) is 9.80 Å². The summed E-state index contributed by atoms with van der Waals surface area (Å²) in [4.78, 5) is 32.6. The van der Waals surface area contributed by atoms with Crippen LogP contribution in [0.15, 0.2) is 0 Å². The highest BCUT2D eigenvalue weighted by molar-refractivity contribution is 5.85. The molecule has 2 fully saturated rings. The number of halogens is 2. The Morgan fingerprint density at radius 3 is 1.21 bits per heavy atom. The number of carbonyl (C=O) groups excluding carboxylic acids is 2. The molecule has 0 radical (unpaired) electrons. The Hall–Kier alpha value is -0.560. The van der Waals surface area contributed by atoms with Crippen LogP contribution in [0.4, 0.5) is 0 Å². The summed E-state index contributed by atoms with van der Waals surface area (Å²) in [5.74, 6) is 0.500. The molecule has 0 N–H and O–H groups in total. The maximum atomic E-state index is 12.1. The van der Waals surface area contributed by atoms with Crippen molar-refractivity contribution in [2.75, 3.05) is 66.5 Å². The van der Waals surface area contributed by atoms with E-state index < -0.39 is 0 Å². The molecule has 142 valence electrons. The van der Waals surface area contributed by atoms with Crippen molar-refractivity contribution >= 4 is 36.6 Å².